The number of carbonyl (C=O) groups is 1. The van der Waals surface area contributed by atoms with Crippen molar-refractivity contribution < 1.29 is 18.0 Å². The standard InChI is InChI=1S/C21H22F3N5OS/c1-3-29-18(12-25-15-10-8-14(2)9-11-15)27-28-20(29)31-13-19(30)26-17-7-5-4-6-16(17)21(22,23)24/h4-11,25H,3,12-13H2,1-2H3,(H,26,30). The van der Waals surface area contributed by atoms with E-state index in [2.05, 4.69) is 20.8 Å². The molecule has 0 atom stereocenters. The fraction of sp³-hybridized carbons (Fsp3) is 0.286. The molecule has 3 rings (SSSR count). The van der Waals surface area contributed by atoms with Gasteiger partial charge in [0.05, 0.1) is 23.5 Å². The van der Waals surface area contributed by atoms with Gasteiger partial charge in [0.2, 0.25) is 5.91 Å². The predicted molar refractivity (Wildman–Crippen MR) is 115 cm³/mol. The summed E-state index contributed by atoms with van der Waals surface area (Å²) in [5.41, 5.74) is 0.973. The Bertz CT molecular complexity index is 1030. The van der Waals surface area contributed by atoms with Crippen molar-refractivity contribution >= 4 is 29.0 Å². The fourth-order valence-electron chi connectivity index (χ4n) is 2.88. The number of nitrogens with one attached hydrogen (secondary N) is 2. The average molecular weight is 450 g/mol. The van der Waals surface area contributed by atoms with Gasteiger partial charge in [-0.15, -0.1) is 10.2 Å². The van der Waals surface area contributed by atoms with Crippen LogP contribution in [0.5, 0.6) is 0 Å². The van der Waals surface area contributed by atoms with Gasteiger partial charge in [0, 0.05) is 12.2 Å². The highest BCUT2D eigenvalue weighted by Gasteiger charge is 2.33. The molecule has 0 unspecified atom stereocenters. The number of alkyl halides is 3. The Morgan fingerprint density at radius 2 is 1.81 bits per heavy atom. The Kier molecular flexibility index (Phi) is 7.21. The number of aromatic nitrogens is 3. The molecule has 6 nitrogen and oxygen atoms in total. The SMILES string of the molecule is CCn1c(CNc2ccc(C)cc2)nnc1SCC(=O)Nc1ccccc1C(F)(F)F. The Hall–Kier alpha value is -3.01. The molecule has 0 saturated carbocycles. The number of aryl methyl sites for hydroxylation is 1. The number of halogens is 3. The molecule has 2 aromatic carbocycles. The van der Waals surface area contributed by atoms with E-state index >= 15 is 0 Å². The van der Waals surface area contributed by atoms with Crippen LogP contribution in [0.15, 0.2) is 53.7 Å². The molecule has 3 aromatic rings. The van der Waals surface area contributed by atoms with Crippen LogP contribution in [0.1, 0.15) is 23.9 Å². The Morgan fingerprint density at radius 1 is 1.10 bits per heavy atom. The molecular weight excluding hydrogens is 427 g/mol. The summed E-state index contributed by atoms with van der Waals surface area (Å²) >= 11 is 1.13. The molecule has 0 aliphatic heterocycles. The molecule has 0 saturated heterocycles. The third-order valence-electron chi connectivity index (χ3n) is 4.45. The van der Waals surface area contributed by atoms with Crippen molar-refractivity contribution in [2.45, 2.75) is 38.3 Å². The molecule has 164 valence electrons. The maximum atomic E-state index is 13.1. The first-order chi connectivity index (χ1) is 14.8. The Labute approximate surface area is 182 Å². The zero-order chi connectivity index (χ0) is 22.4. The molecule has 0 aliphatic carbocycles. The lowest BCUT2D eigenvalue weighted by atomic mass is 10.1. The van der Waals surface area contributed by atoms with E-state index in [1.54, 1.807) is 0 Å². The molecule has 1 aromatic heterocycles. The Morgan fingerprint density at radius 3 is 2.48 bits per heavy atom. The quantitative estimate of drug-likeness (QED) is 0.475. The van der Waals surface area contributed by atoms with E-state index in [0.29, 0.717) is 24.1 Å². The third-order valence-corrected chi connectivity index (χ3v) is 5.42. The Balaban J connectivity index is 1.60. The lowest BCUT2D eigenvalue weighted by Crippen LogP contribution is -2.18. The second-order valence-corrected chi connectivity index (χ2v) is 7.69. The molecule has 1 amide bonds. The first-order valence-electron chi connectivity index (χ1n) is 9.59. The molecule has 0 spiro atoms. The van der Waals surface area contributed by atoms with Crippen molar-refractivity contribution in [1.82, 2.24) is 14.8 Å². The van der Waals surface area contributed by atoms with Gasteiger partial charge in [0.15, 0.2) is 11.0 Å². The first kappa shape index (κ1) is 22.7. The number of nitrogens with zero attached hydrogens (tertiary/aromatic N) is 3. The summed E-state index contributed by atoms with van der Waals surface area (Å²) < 4.78 is 41.1. The van der Waals surface area contributed by atoms with Gasteiger partial charge in [0.25, 0.3) is 0 Å². The summed E-state index contributed by atoms with van der Waals surface area (Å²) in [7, 11) is 0. The van der Waals surface area contributed by atoms with Gasteiger partial charge in [-0.05, 0) is 38.1 Å². The number of amides is 1. The second kappa shape index (κ2) is 9.86. The molecule has 1 heterocycles. The first-order valence-corrected chi connectivity index (χ1v) is 10.6. The maximum absolute atomic E-state index is 13.1. The number of hydrogen-bond acceptors (Lipinski definition) is 5. The zero-order valence-corrected chi connectivity index (χ0v) is 17.8. The van der Waals surface area contributed by atoms with Crippen LogP contribution in [0.3, 0.4) is 0 Å². The van der Waals surface area contributed by atoms with Crippen molar-refractivity contribution in [3.63, 3.8) is 0 Å². The summed E-state index contributed by atoms with van der Waals surface area (Å²) in [4.78, 5) is 12.2. The van der Waals surface area contributed by atoms with Crippen molar-refractivity contribution in [1.29, 1.82) is 0 Å². The molecule has 31 heavy (non-hydrogen) atoms. The number of thioether (sulfide) groups is 1. The van der Waals surface area contributed by atoms with Crippen LogP contribution in [0, 0.1) is 6.92 Å². The normalized spacial score (nSPS) is 11.4. The number of anilines is 2. The average Bonchev–Trinajstić information content (AvgIpc) is 3.13. The summed E-state index contributed by atoms with van der Waals surface area (Å²) in [6, 6.07) is 12.8. The fourth-order valence-corrected chi connectivity index (χ4v) is 3.70. The summed E-state index contributed by atoms with van der Waals surface area (Å²) in [5.74, 6) is 0.0653. The topological polar surface area (TPSA) is 71.8 Å². The van der Waals surface area contributed by atoms with Crippen molar-refractivity contribution in [2.75, 3.05) is 16.4 Å². The van der Waals surface area contributed by atoms with Crippen molar-refractivity contribution in [3.05, 3.63) is 65.5 Å². The molecule has 0 bridgehead atoms. The summed E-state index contributed by atoms with van der Waals surface area (Å²) in [6.07, 6.45) is -4.54. The minimum absolute atomic E-state index is 0.0876. The van der Waals surface area contributed by atoms with Crippen LogP contribution < -0.4 is 10.6 Å². The van der Waals surface area contributed by atoms with E-state index in [9.17, 15) is 18.0 Å². The molecule has 0 radical (unpaired) electrons. The van der Waals surface area contributed by atoms with Crippen LogP contribution in [0.4, 0.5) is 24.5 Å². The van der Waals surface area contributed by atoms with E-state index in [1.165, 1.54) is 18.2 Å². The predicted octanol–water partition coefficient (Wildman–Crippen LogP) is 4.97. The lowest BCUT2D eigenvalue weighted by Gasteiger charge is -2.13. The third kappa shape index (κ3) is 6.00. The largest absolute Gasteiger partial charge is 0.418 e. The summed E-state index contributed by atoms with van der Waals surface area (Å²) in [5, 5.41) is 14.4. The van der Waals surface area contributed by atoms with Gasteiger partial charge in [0.1, 0.15) is 0 Å². The maximum Gasteiger partial charge on any atom is 0.418 e. The van der Waals surface area contributed by atoms with Crippen LogP contribution in [0.2, 0.25) is 0 Å². The van der Waals surface area contributed by atoms with Gasteiger partial charge in [-0.25, -0.2) is 0 Å². The van der Waals surface area contributed by atoms with E-state index < -0.39 is 17.6 Å². The van der Waals surface area contributed by atoms with Crippen molar-refractivity contribution in [3.8, 4) is 0 Å². The molecule has 10 heteroatoms. The molecular formula is C21H22F3N5OS. The number of hydrogen-bond donors (Lipinski definition) is 2. The minimum Gasteiger partial charge on any atom is -0.378 e. The second-order valence-electron chi connectivity index (χ2n) is 6.74. The smallest absolute Gasteiger partial charge is 0.378 e. The number of para-hydroxylation sites is 1. The monoisotopic (exact) mass is 449 g/mol. The van der Waals surface area contributed by atoms with E-state index in [1.807, 2.05) is 42.7 Å². The molecule has 0 aliphatic rings. The van der Waals surface area contributed by atoms with E-state index in [4.69, 9.17) is 0 Å². The number of carbonyl (C=O) groups excluding carboxylic acids is 1. The van der Waals surface area contributed by atoms with E-state index in [-0.39, 0.29) is 11.4 Å². The van der Waals surface area contributed by atoms with Gasteiger partial charge in [-0.2, -0.15) is 13.2 Å². The van der Waals surface area contributed by atoms with Gasteiger partial charge in [-0.1, -0.05) is 41.6 Å². The molecule has 0 fully saturated rings. The van der Waals surface area contributed by atoms with E-state index in [0.717, 1.165) is 29.1 Å². The highest BCUT2D eigenvalue weighted by Crippen LogP contribution is 2.34. The van der Waals surface area contributed by atoms with Crippen LogP contribution >= 0.6 is 11.8 Å². The van der Waals surface area contributed by atoms with Gasteiger partial charge >= 0.3 is 6.18 Å². The van der Waals surface area contributed by atoms with Gasteiger partial charge < -0.3 is 15.2 Å². The zero-order valence-electron chi connectivity index (χ0n) is 17.0. The highest BCUT2D eigenvalue weighted by atomic mass is 32.2. The van der Waals surface area contributed by atoms with Crippen LogP contribution in [0.25, 0.3) is 0 Å². The van der Waals surface area contributed by atoms with Crippen molar-refractivity contribution in [2.24, 2.45) is 0 Å². The molecule has 2 N–H and O–H groups in total. The van der Waals surface area contributed by atoms with Crippen LogP contribution in [-0.4, -0.2) is 26.4 Å². The highest BCUT2D eigenvalue weighted by molar-refractivity contribution is 7.99. The summed E-state index contributed by atoms with van der Waals surface area (Å²) in [6.45, 7) is 5.00. The lowest BCUT2D eigenvalue weighted by molar-refractivity contribution is -0.137. The minimum atomic E-state index is -4.54. The number of benzene rings is 2. The van der Waals surface area contributed by atoms with Crippen LogP contribution in [-0.2, 0) is 24.1 Å². The number of rotatable bonds is 8. The van der Waals surface area contributed by atoms with Gasteiger partial charge in [-0.3, -0.25) is 4.79 Å².